The maximum Gasteiger partial charge on any atom is 0.0146 e. The summed E-state index contributed by atoms with van der Waals surface area (Å²) in [5.41, 5.74) is 0. The lowest BCUT2D eigenvalue weighted by molar-refractivity contribution is 0.262. The van der Waals surface area contributed by atoms with Gasteiger partial charge in [-0.25, -0.2) is 0 Å². The van der Waals surface area contributed by atoms with Gasteiger partial charge in [-0.15, -0.1) is 0 Å². The Morgan fingerprint density at radius 2 is 1.94 bits per heavy atom. The first kappa shape index (κ1) is 13.7. The summed E-state index contributed by atoms with van der Waals surface area (Å²) in [6, 6.07) is 10.4. The summed E-state index contributed by atoms with van der Waals surface area (Å²) < 4.78 is 5.74. The van der Waals surface area contributed by atoms with Gasteiger partial charge in [0.05, 0.1) is 0 Å². The minimum absolute atomic E-state index is 0.733. The number of hydrogen-bond acceptors (Lipinski definition) is 1. The van der Waals surface area contributed by atoms with Gasteiger partial charge in [-0.1, -0.05) is 63.4 Å². The second kappa shape index (κ2) is 8.73. The van der Waals surface area contributed by atoms with Crippen LogP contribution in [0.2, 0.25) is 0 Å². The van der Waals surface area contributed by atoms with E-state index in [2.05, 4.69) is 38.1 Å². The molecule has 0 saturated carbocycles. The van der Waals surface area contributed by atoms with E-state index in [1.54, 1.807) is 0 Å². The van der Waals surface area contributed by atoms with E-state index in [9.17, 15) is 0 Å². The molecule has 0 heterocycles. The number of unbranched alkanes of at least 4 members (excludes halogenated alkanes) is 1. The largest absolute Gasteiger partial charge is 0.553 e. The summed E-state index contributed by atoms with van der Waals surface area (Å²) in [4.78, 5) is 0. The number of hydrogen-bond donors (Lipinski definition) is 0. The van der Waals surface area contributed by atoms with E-state index in [0.717, 1.165) is 21.3 Å². The van der Waals surface area contributed by atoms with Crippen LogP contribution in [0.4, 0.5) is 0 Å². The molecule has 0 fully saturated rings. The van der Waals surface area contributed by atoms with Crippen LogP contribution < -0.4 is 5.30 Å². The third-order valence-electron chi connectivity index (χ3n) is 2.78. The summed E-state index contributed by atoms with van der Waals surface area (Å²) in [5.74, 6) is 0.733. The average Bonchev–Trinajstić information content (AvgIpc) is 2.35. The highest BCUT2D eigenvalue weighted by atomic mass is 31.1. The molecular weight excluding hydrogens is 215 g/mol. The molecule has 0 N–H and O–H groups in total. The van der Waals surface area contributed by atoms with Crippen LogP contribution in [-0.2, 0) is 4.52 Å². The topological polar surface area (TPSA) is 9.23 Å². The van der Waals surface area contributed by atoms with Crippen molar-refractivity contribution in [1.29, 1.82) is 0 Å². The van der Waals surface area contributed by atoms with Crippen molar-refractivity contribution in [2.75, 3.05) is 6.61 Å². The fourth-order valence-electron chi connectivity index (χ4n) is 1.60. The minimum Gasteiger partial charge on any atom is -0.553 e. The van der Waals surface area contributed by atoms with Crippen molar-refractivity contribution < 1.29 is 4.52 Å². The van der Waals surface area contributed by atoms with Crippen LogP contribution >= 0.6 is 8.81 Å². The Morgan fingerprint density at radius 3 is 2.56 bits per heavy atom. The van der Waals surface area contributed by atoms with Crippen LogP contribution in [0, 0.1) is 5.92 Å². The second-order valence-corrected chi connectivity index (χ2v) is 5.10. The lowest BCUT2D eigenvalue weighted by atomic mass is 10.0. The molecule has 0 aliphatic rings. The molecule has 0 aliphatic heterocycles. The van der Waals surface area contributed by atoms with Crippen molar-refractivity contribution in [3.63, 3.8) is 0 Å². The van der Waals surface area contributed by atoms with Crippen LogP contribution in [0.3, 0.4) is 0 Å². The van der Waals surface area contributed by atoms with Gasteiger partial charge in [-0.05, 0) is 12.3 Å². The molecule has 1 atom stereocenters. The Kier molecular flexibility index (Phi) is 7.46. The fraction of sp³-hybridized carbons (Fsp3) is 0.571. The summed E-state index contributed by atoms with van der Waals surface area (Å²) in [6.07, 6.45) is 5.14. The number of rotatable bonds is 8. The van der Waals surface area contributed by atoms with Crippen LogP contribution in [0.5, 0.6) is 0 Å². The van der Waals surface area contributed by atoms with Gasteiger partial charge in [0.15, 0.2) is 0 Å². The predicted molar refractivity (Wildman–Crippen MR) is 72.3 cm³/mol. The van der Waals surface area contributed by atoms with Crippen molar-refractivity contribution in [3.05, 3.63) is 30.3 Å². The van der Waals surface area contributed by atoms with Crippen molar-refractivity contribution in [3.8, 4) is 0 Å². The molecule has 0 saturated heterocycles. The van der Waals surface area contributed by atoms with Crippen molar-refractivity contribution in [1.82, 2.24) is 0 Å². The smallest absolute Gasteiger partial charge is 0.0146 e. The zero-order valence-corrected chi connectivity index (χ0v) is 11.2. The van der Waals surface area contributed by atoms with Crippen molar-refractivity contribution in [2.45, 2.75) is 39.5 Å². The van der Waals surface area contributed by atoms with Gasteiger partial charge in [0.25, 0.3) is 0 Å². The van der Waals surface area contributed by atoms with Crippen LogP contribution in [-0.4, -0.2) is 6.61 Å². The highest BCUT2D eigenvalue weighted by Crippen LogP contribution is 2.18. The van der Waals surface area contributed by atoms with Crippen LogP contribution in [0.1, 0.15) is 39.5 Å². The van der Waals surface area contributed by atoms with E-state index < -0.39 is 0 Å². The summed E-state index contributed by atoms with van der Waals surface area (Å²) in [5, 5.41) is 1.24. The van der Waals surface area contributed by atoms with E-state index in [1.165, 1.54) is 31.0 Å². The Labute approximate surface area is 101 Å². The quantitative estimate of drug-likeness (QED) is 0.609. The molecule has 0 bridgehead atoms. The standard InChI is InChI=1S/C14H22OP/c1-3-5-9-13(4-2)12-15-16-14-10-7-6-8-11-14/h6-8,10-11,13H,3-5,9,12H2,1-2H3/q-1. The van der Waals surface area contributed by atoms with Crippen molar-refractivity contribution >= 4 is 14.1 Å². The molecule has 2 heteroatoms. The van der Waals surface area contributed by atoms with Gasteiger partial charge in [-0.3, -0.25) is 0 Å². The molecule has 0 aromatic heterocycles. The summed E-state index contributed by atoms with van der Waals surface area (Å²) >= 11 is 0. The molecule has 0 aliphatic carbocycles. The lowest BCUT2D eigenvalue weighted by Crippen LogP contribution is -2.07. The van der Waals surface area contributed by atoms with Gasteiger partial charge in [-0.2, -0.15) is 5.30 Å². The lowest BCUT2D eigenvalue weighted by Gasteiger charge is -2.24. The van der Waals surface area contributed by atoms with Gasteiger partial charge < -0.3 is 13.3 Å². The van der Waals surface area contributed by atoms with Gasteiger partial charge in [0, 0.05) is 6.61 Å². The van der Waals surface area contributed by atoms with Gasteiger partial charge in [0.1, 0.15) is 0 Å². The van der Waals surface area contributed by atoms with Crippen LogP contribution in [0.25, 0.3) is 0 Å². The highest BCUT2D eigenvalue weighted by molar-refractivity contribution is 7.41. The maximum absolute atomic E-state index is 5.74. The zero-order valence-electron chi connectivity index (χ0n) is 10.4. The number of benzene rings is 1. The van der Waals surface area contributed by atoms with E-state index >= 15 is 0 Å². The first-order chi connectivity index (χ1) is 7.86. The summed E-state index contributed by atoms with van der Waals surface area (Å²) in [7, 11) is 1.00. The van der Waals surface area contributed by atoms with Gasteiger partial charge in [0.2, 0.25) is 0 Å². The summed E-state index contributed by atoms with van der Waals surface area (Å²) in [6.45, 7) is 5.39. The average molecular weight is 237 g/mol. The molecule has 1 aromatic rings. The SMILES string of the molecule is CCCCC(CC)CO[P-]c1ccccc1. The Hall–Kier alpha value is -0.390. The molecule has 1 rings (SSSR count). The molecule has 1 nitrogen and oxygen atoms in total. The van der Waals surface area contributed by atoms with E-state index in [4.69, 9.17) is 4.52 Å². The monoisotopic (exact) mass is 237 g/mol. The Balaban J connectivity index is 2.18. The fourth-order valence-corrected chi connectivity index (χ4v) is 2.33. The molecule has 16 heavy (non-hydrogen) atoms. The maximum atomic E-state index is 5.74. The second-order valence-electron chi connectivity index (χ2n) is 4.14. The van der Waals surface area contributed by atoms with E-state index in [1.807, 2.05) is 6.07 Å². The molecular formula is C14H22OP-. The van der Waals surface area contributed by atoms with Crippen LogP contribution in [0.15, 0.2) is 30.3 Å². The molecule has 1 unspecified atom stereocenters. The first-order valence-corrected chi connectivity index (χ1v) is 7.06. The van der Waals surface area contributed by atoms with Gasteiger partial charge >= 0.3 is 0 Å². The molecule has 0 spiro atoms. The van der Waals surface area contributed by atoms with Crippen molar-refractivity contribution in [2.24, 2.45) is 5.92 Å². The molecule has 90 valence electrons. The molecule has 0 radical (unpaired) electrons. The predicted octanol–water partition coefficient (Wildman–Crippen LogP) is 4.41. The Bertz CT molecular complexity index is 261. The van der Waals surface area contributed by atoms with E-state index in [0.29, 0.717) is 0 Å². The third-order valence-corrected chi connectivity index (χ3v) is 3.57. The molecule has 0 amide bonds. The molecule has 1 aromatic carbocycles. The highest BCUT2D eigenvalue weighted by Gasteiger charge is 2.02. The first-order valence-electron chi connectivity index (χ1n) is 6.24. The zero-order chi connectivity index (χ0) is 11.6. The third kappa shape index (κ3) is 5.63. The Morgan fingerprint density at radius 1 is 1.19 bits per heavy atom. The minimum atomic E-state index is 0.733. The normalized spacial score (nSPS) is 13.4. The van der Waals surface area contributed by atoms with E-state index in [-0.39, 0.29) is 0 Å².